The van der Waals surface area contributed by atoms with Crippen LogP contribution < -0.4 is 0 Å². The molecule has 1 N–H and O–H groups in total. The van der Waals surface area contributed by atoms with Crippen LogP contribution in [0, 0.1) is 39.4 Å². The van der Waals surface area contributed by atoms with Gasteiger partial charge in [0.1, 0.15) is 12.1 Å². The predicted octanol–water partition coefficient (Wildman–Crippen LogP) is 15.8. The molecule has 0 saturated heterocycles. The molecule has 0 saturated carbocycles. The Balaban J connectivity index is 1.20. The van der Waals surface area contributed by atoms with Crippen LogP contribution in [0.15, 0.2) is 218 Å². The van der Waals surface area contributed by atoms with Crippen molar-refractivity contribution in [3.63, 3.8) is 0 Å². The van der Waals surface area contributed by atoms with E-state index in [2.05, 4.69) is 149 Å². The number of nitrogens with one attached hydrogen (secondary N) is 1. The first kappa shape index (κ1) is 41.4. The summed E-state index contributed by atoms with van der Waals surface area (Å²) in [6.07, 6.45) is 1.24. The van der Waals surface area contributed by atoms with Gasteiger partial charge in [0.25, 0.3) is 0 Å². The van der Waals surface area contributed by atoms with E-state index in [0.717, 1.165) is 88.1 Å². The van der Waals surface area contributed by atoms with Gasteiger partial charge >= 0.3 is 0 Å². The number of benzene rings is 10. The molecule has 0 unspecified atom stereocenters. The van der Waals surface area contributed by atoms with Crippen LogP contribution >= 0.6 is 0 Å². The normalized spacial score (nSPS) is 11.2. The Morgan fingerprint density at radius 2 is 0.657 bits per heavy atom. The van der Waals surface area contributed by atoms with Gasteiger partial charge in [0, 0.05) is 38.9 Å². The third-order valence-electron chi connectivity index (χ3n) is 13.5. The zero-order valence-corrected chi connectivity index (χ0v) is 37.6. The quantitative estimate of drug-likeness (QED) is 0.154. The van der Waals surface area contributed by atoms with E-state index in [9.17, 15) is 15.8 Å². The first-order chi connectivity index (χ1) is 34.5. The molecule has 0 aliphatic carbocycles. The second kappa shape index (κ2) is 17.0. The SMILES string of the molecule is N#Cc1cc(C#N)c(-n2c3ccc(-c4ccccc4)cc3c3cc(-c4ccccc4)ccc32)c(-c2cc(C=N)cc(C#N)c2-n2c3ccc(-c4ccccc4)cc3c3cc(-c4ccccc4)ccc32)c1. The van der Waals surface area contributed by atoms with Crippen LogP contribution in [0.5, 0.6) is 0 Å². The standard InChI is InChI=1S/C64H38N6/c65-37-41-29-51(39-67)63(69-59-25-21-47(43-13-5-1-6-14-43)33-53(59)54-34-48(22-26-60(54)69)44-15-7-2-8-16-44)57(31-41)58-32-42(38-66)30-52(40-68)64(58)70-61-27-23-49(45-17-9-3-10-18-45)35-55(61)56-36-50(24-28-62(56)70)46-19-11-4-12-20-46/h1-37,65H. The zero-order chi connectivity index (χ0) is 47.3. The summed E-state index contributed by atoms with van der Waals surface area (Å²) in [6, 6.07) is 81.5. The highest BCUT2D eigenvalue weighted by Crippen LogP contribution is 2.46. The van der Waals surface area contributed by atoms with Crippen molar-refractivity contribution < 1.29 is 0 Å². The van der Waals surface area contributed by atoms with Crippen molar-refractivity contribution >= 4 is 49.8 Å². The van der Waals surface area contributed by atoms with Gasteiger partial charge in [-0.05, 0) is 123 Å². The summed E-state index contributed by atoms with van der Waals surface area (Å²) in [6.45, 7) is 0. The summed E-state index contributed by atoms with van der Waals surface area (Å²) >= 11 is 0. The molecule has 10 aromatic carbocycles. The van der Waals surface area contributed by atoms with Crippen LogP contribution in [0.25, 0.3) is 111 Å². The number of hydrogen-bond donors (Lipinski definition) is 1. The molecule has 12 aromatic rings. The molecular formula is C64H38N6. The second-order valence-corrected chi connectivity index (χ2v) is 17.4. The summed E-state index contributed by atoms with van der Waals surface area (Å²) in [5, 5.41) is 45.8. The maximum absolute atomic E-state index is 11.3. The Morgan fingerprint density at radius 1 is 0.329 bits per heavy atom. The smallest absolute Gasteiger partial charge is 0.101 e. The van der Waals surface area contributed by atoms with Crippen LogP contribution in [0.1, 0.15) is 22.3 Å². The highest BCUT2D eigenvalue weighted by molar-refractivity contribution is 6.14. The molecule has 0 radical (unpaired) electrons. The van der Waals surface area contributed by atoms with Crippen LogP contribution in [0.4, 0.5) is 0 Å². The number of rotatable bonds is 8. The lowest BCUT2D eigenvalue weighted by Crippen LogP contribution is -2.07. The van der Waals surface area contributed by atoms with Crippen LogP contribution in [-0.2, 0) is 0 Å². The van der Waals surface area contributed by atoms with Gasteiger partial charge in [-0.1, -0.05) is 146 Å². The van der Waals surface area contributed by atoms with Gasteiger partial charge in [0.05, 0.1) is 56.2 Å². The molecular weight excluding hydrogens is 853 g/mol. The van der Waals surface area contributed by atoms with Crippen LogP contribution in [-0.4, -0.2) is 15.3 Å². The summed E-state index contributed by atoms with van der Waals surface area (Å²) in [7, 11) is 0. The molecule has 324 valence electrons. The van der Waals surface area contributed by atoms with E-state index < -0.39 is 0 Å². The molecule has 6 heteroatoms. The molecule has 6 nitrogen and oxygen atoms in total. The van der Waals surface area contributed by atoms with Gasteiger partial charge in [-0.3, -0.25) is 0 Å². The van der Waals surface area contributed by atoms with Crippen molar-refractivity contribution in [3.8, 4) is 85.2 Å². The summed E-state index contributed by atoms with van der Waals surface area (Å²) < 4.78 is 4.29. The number of aromatic nitrogens is 2. The van der Waals surface area contributed by atoms with Crippen molar-refractivity contribution in [1.29, 1.82) is 21.2 Å². The van der Waals surface area contributed by atoms with Crippen molar-refractivity contribution in [1.82, 2.24) is 9.13 Å². The van der Waals surface area contributed by atoms with E-state index in [0.29, 0.717) is 44.8 Å². The summed E-state index contributed by atoms with van der Waals surface area (Å²) in [5.74, 6) is 0. The fourth-order valence-electron chi connectivity index (χ4n) is 10.3. The van der Waals surface area contributed by atoms with Crippen molar-refractivity contribution in [2.24, 2.45) is 0 Å². The number of nitriles is 3. The first-order valence-corrected chi connectivity index (χ1v) is 23.0. The molecule has 0 fully saturated rings. The highest BCUT2D eigenvalue weighted by Gasteiger charge is 2.27. The Hall–Kier alpha value is -10.1. The van der Waals surface area contributed by atoms with Gasteiger partial charge in [0.2, 0.25) is 0 Å². The first-order valence-electron chi connectivity index (χ1n) is 23.0. The maximum atomic E-state index is 11.3. The average Bonchev–Trinajstić information content (AvgIpc) is 3.93. The molecule has 0 spiro atoms. The van der Waals surface area contributed by atoms with Crippen LogP contribution in [0.2, 0.25) is 0 Å². The molecule has 2 aromatic heterocycles. The van der Waals surface area contributed by atoms with Gasteiger partial charge in [-0.25, -0.2) is 0 Å². The molecule has 0 aliphatic heterocycles. The van der Waals surface area contributed by atoms with E-state index in [1.807, 2.05) is 84.9 Å². The van der Waals surface area contributed by atoms with Crippen LogP contribution in [0.3, 0.4) is 0 Å². The molecule has 0 aliphatic rings. The molecule has 70 heavy (non-hydrogen) atoms. The largest absolute Gasteiger partial charge is 0.308 e. The van der Waals surface area contributed by atoms with E-state index >= 15 is 0 Å². The third kappa shape index (κ3) is 6.82. The molecule has 0 bridgehead atoms. The molecule has 0 atom stereocenters. The Morgan fingerprint density at radius 3 is 0.971 bits per heavy atom. The van der Waals surface area contributed by atoms with E-state index in [4.69, 9.17) is 5.41 Å². The average molecular weight is 891 g/mol. The minimum atomic E-state index is 0.291. The van der Waals surface area contributed by atoms with E-state index in [-0.39, 0.29) is 0 Å². The van der Waals surface area contributed by atoms with Gasteiger partial charge in [-0.2, -0.15) is 15.8 Å². The van der Waals surface area contributed by atoms with Gasteiger partial charge in [-0.15, -0.1) is 0 Å². The van der Waals surface area contributed by atoms with Gasteiger partial charge < -0.3 is 14.5 Å². The van der Waals surface area contributed by atoms with E-state index in [1.165, 1.54) is 6.21 Å². The molecule has 2 heterocycles. The summed E-state index contributed by atoms with van der Waals surface area (Å²) in [5.41, 5.74) is 15.7. The minimum Gasteiger partial charge on any atom is -0.308 e. The monoisotopic (exact) mass is 890 g/mol. The third-order valence-corrected chi connectivity index (χ3v) is 13.5. The molecule has 0 amide bonds. The van der Waals surface area contributed by atoms with Gasteiger partial charge in [0.15, 0.2) is 0 Å². The fourth-order valence-corrected chi connectivity index (χ4v) is 10.3. The second-order valence-electron chi connectivity index (χ2n) is 17.4. The lowest BCUT2D eigenvalue weighted by Gasteiger charge is -2.21. The Labute approximate surface area is 404 Å². The number of hydrogen-bond acceptors (Lipinski definition) is 4. The number of nitrogens with zero attached hydrogens (tertiary/aromatic N) is 5. The summed E-state index contributed by atoms with van der Waals surface area (Å²) in [4.78, 5) is 0. The lowest BCUT2D eigenvalue weighted by atomic mass is 9.92. The van der Waals surface area contributed by atoms with Crippen molar-refractivity contribution in [2.75, 3.05) is 0 Å². The van der Waals surface area contributed by atoms with Crippen molar-refractivity contribution in [2.45, 2.75) is 0 Å². The zero-order valence-electron chi connectivity index (χ0n) is 37.6. The fraction of sp³-hybridized carbons (Fsp3) is 0. The molecule has 12 rings (SSSR count). The Bertz CT molecular complexity index is 4010. The Kier molecular flexibility index (Phi) is 10.0. The minimum absolute atomic E-state index is 0.291. The predicted molar refractivity (Wildman–Crippen MR) is 284 cm³/mol. The highest BCUT2D eigenvalue weighted by atomic mass is 15.0. The number of fused-ring (bicyclic) bond motifs is 6. The van der Waals surface area contributed by atoms with Crippen molar-refractivity contribution in [3.05, 3.63) is 241 Å². The van der Waals surface area contributed by atoms with E-state index in [1.54, 1.807) is 12.1 Å². The topological polar surface area (TPSA) is 105 Å². The lowest BCUT2D eigenvalue weighted by molar-refractivity contribution is 1.14. The maximum Gasteiger partial charge on any atom is 0.101 e.